The van der Waals surface area contributed by atoms with E-state index in [1.54, 1.807) is 0 Å². The van der Waals surface area contributed by atoms with E-state index < -0.39 is 0 Å². The lowest BCUT2D eigenvalue weighted by atomic mass is 10.1. The Kier molecular flexibility index (Phi) is 4.66. The lowest BCUT2D eigenvalue weighted by Gasteiger charge is -2.26. The molecule has 82 valence electrons. The first kappa shape index (κ1) is 12.6. The quantitative estimate of drug-likeness (QED) is 0.852. The summed E-state index contributed by atoms with van der Waals surface area (Å²) in [5.41, 5.74) is 0.151. The number of alkyl halides is 2. The van der Waals surface area contributed by atoms with Crippen molar-refractivity contribution in [1.29, 1.82) is 0 Å². The third-order valence-electron chi connectivity index (χ3n) is 1.83. The Morgan fingerprint density at radius 2 is 1.93 bits per heavy atom. The van der Waals surface area contributed by atoms with Crippen LogP contribution in [0, 0.1) is 0 Å². The Balaban J connectivity index is 2.72. The fraction of sp³-hybridized carbons (Fsp3) is 0.444. The zero-order valence-electron chi connectivity index (χ0n) is 8.20. The molecule has 0 saturated carbocycles. The Morgan fingerprint density at radius 3 is 2.40 bits per heavy atom. The molecule has 6 heteroatoms. The van der Waals surface area contributed by atoms with Gasteiger partial charge in [-0.25, -0.2) is 9.97 Å². The van der Waals surface area contributed by atoms with Crippen LogP contribution in [0.2, 0.25) is 0 Å². The van der Waals surface area contributed by atoms with Gasteiger partial charge in [0.25, 0.3) is 5.91 Å². The summed E-state index contributed by atoms with van der Waals surface area (Å²) in [4.78, 5) is 19.3. The number of hydrogen-bond acceptors (Lipinski definition) is 3. The van der Waals surface area contributed by atoms with Crippen LogP contribution in [0.25, 0.3) is 0 Å². The number of nitrogens with one attached hydrogen (secondary N) is 1. The zero-order chi connectivity index (χ0) is 11.3. The van der Waals surface area contributed by atoms with Crippen LogP contribution < -0.4 is 5.32 Å². The van der Waals surface area contributed by atoms with Gasteiger partial charge in [-0.15, -0.1) is 0 Å². The minimum absolute atomic E-state index is 0.169. The molecule has 0 radical (unpaired) electrons. The molecule has 4 nitrogen and oxygen atoms in total. The monoisotopic (exact) mass is 335 g/mol. The first-order valence-electron chi connectivity index (χ1n) is 4.31. The van der Waals surface area contributed by atoms with Crippen molar-refractivity contribution in [3.63, 3.8) is 0 Å². The van der Waals surface area contributed by atoms with Crippen LogP contribution in [0.3, 0.4) is 0 Å². The summed E-state index contributed by atoms with van der Waals surface area (Å²) in [6, 6.07) is 0. The highest BCUT2D eigenvalue weighted by atomic mass is 79.9. The highest BCUT2D eigenvalue weighted by Crippen LogP contribution is 2.12. The summed E-state index contributed by atoms with van der Waals surface area (Å²) in [6.45, 7) is 1.94. The maximum atomic E-state index is 11.7. The lowest BCUT2D eigenvalue weighted by molar-refractivity contribution is 0.0922. The van der Waals surface area contributed by atoms with Crippen LogP contribution in [-0.2, 0) is 0 Å². The van der Waals surface area contributed by atoms with Crippen LogP contribution >= 0.6 is 31.9 Å². The summed E-state index contributed by atoms with van der Waals surface area (Å²) in [7, 11) is 0. The topological polar surface area (TPSA) is 54.9 Å². The van der Waals surface area contributed by atoms with Crippen LogP contribution in [0.1, 0.15) is 17.3 Å². The van der Waals surface area contributed by atoms with Crippen LogP contribution in [0.5, 0.6) is 0 Å². The van der Waals surface area contributed by atoms with Crippen molar-refractivity contribution in [2.75, 3.05) is 10.7 Å². The van der Waals surface area contributed by atoms with Gasteiger partial charge in [0.15, 0.2) is 0 Å². The molecule has 1 rings (SSSR count). The highest BCUT2D eigenvalue weighted by Gasteiger charge is 2.24. The summed E-state index contributed by atoms with van der Waals surface area (Å²) in [5.74, 6) is -0.169. The molecule has 0 aliphatic heterocycles. The van der Waals surface area contributed by atoms with Crippen LogP contribution in [-0.4, -0.2) is 32.1 Å². The molecule has 0 fully saturated rings. The molecule has 1 aromatic heterocycles. The maximum absolute atomic E-state index is 11.7. The Bertz CT molecular complexity index is 327. The van der Waals surface area contributed by atoms with E-state index >= 15 is 0 Å². The number of hydrogen-bond donors (Lipinski definition) is 1. The van der Waals surface area contributed by atoms with Gasteiger partial charge in [0.1, 0.15) is 6.33 Å². The maximum Gasteiger partial charge on any atom is 0.254 e. The molecule has 0 unspecified atom stereocenters. The molecule has 0 atom stereocenters. The van der Waals surface area contributed by atoms with E-state index in [1.165, 1.54) is 18.7 Å². The number of rotatable bonds is 4. The predicted molar refractivity (Wildman–Crippen MR) is 65.5 cm³/mol. The molecule has 0 aromatic carbocycles. The number of amides is 1. The van der Waals surface area contributed by atoms with Gasteiger partial charge in [-0.05, 0) is 6.92 Å². The predicted octanol–water partition coefficient (Wildman–Crippen LogP) is 1.75. The molecule has 1 N–H and O–H groups in total. The second-order valence-corrected chi connectivity index (χ2v) is 4.53. The van der Waals surface area contributed by atoms with Crippen molar-refractivity contribution in [1.82, 2.24) is 15.3 Å². The standard InChI is InChI=1S/C9H11Br2N3O/c1-9(4-10,5-11)14-8(15)7-2-12-6-13-3-7/h2-3,6H,4-5H2,1H3,(H,14,15). The molecule has 0 aliphatic carbocycles. The van der Waals surface area contributed by atoms with E-state index in [0.29, 0.717) is 16.2 Å². The van der Waals surface area contributed by atoms with Gasteiger partial charge in [-0.2, -0.15) is 0 Å². The van der Waals surface area contributed by atoms with Gasteiger partial charge in [0, 0.05) is 23.1 Å². The van der Waals surface area contributed by atoms with Gasteiger partial charge < -0.3 is 5.32 Å². The van der Waals surface area contributed by atoms with Gasteiger partial charge in [-0.3, -0.25) is 4.79 Å². The molecular formula is C9H11Br2N3O. The minimum Gasteiger partial charge on any atom is -0.345 e. The average Bonchev–Trinajstić information content (AvgIpc) is 2.30. The van der Waals surface area contributed by atoms with E-state index in [0.717, 1.165) is 0 Å². The van der Waals surface area contributed by atoms with Crippen molar-refractivity contribution in [2.45, 2.75) is 12.5 Å². The molecule has 15 heavy (non-hydrogen) atoms. The Hall–Kier alpha value is -0.490. The van der Waals surface area contributed by atoms with E-state index in [1.807, 2.05) is 6.92 Å². The van der Waals surface area contributed by atoms with E-state index in [4.69, 9.17) is 0 Å². The largest absolute Gasteiger partial charge is 0.345 e. The van der Waals surface area contributed by atoms with Gasteiger partial charge in [0.2, 0.25) is 0 Å². The molecule has 1 aromatic rings. The molecule has 0 saturated heterocycles. The first-order chi connectivity index (χ1) is 7.11. The fourth-order valence-electron chi connectivity index (χ4n) is 0.865. The molecule has 1 amide bonds. The van der Waals surface area contributed by atoms with Crippen LogP contribution in [0.4, 0.5) is 0 Å². The molecule has 0 bridgehead atoms. The van der Waals surface area contributed by atoms with Crippen molar-refractivity contribution >= 4 is 37.8 Å². The average molecular weight is 337 g/mol. The number of nitrogens with zero attached hydrogens (tertiary/aromatic N) is 2. The molecule has 0 spiro atoms. The number of carbonyl (C=O) groups excluding carboxylic acids is 1. The Morgan fingerprint density at radius 1 is 1.40 bits per heavy atom. The summed E-state index contributed by atoms with van der Waals surface area (Å²) >= 11 is 6.71. The fourth-order valence-corrected chi connectivity index (χ4v) is 2.07. The summed E-state index contributed by atoms with van der Waals surface area (Å²) in [5, 5.41) is 4.24. The molecule has 0 aliphatic rings. The normalized spacial score (nSPS) is 11.1. The third-order valence-corrected chi connectivity index (χ3v) is 4.30. The number of aromatic nitrogens is 2. The summed E-state index contributed by atoms with van der Waals surface area (Å²) in [6.07, 6.45) is 4.38. The van der Waals surface area contributed by atoms with Crippen LogP contribution in [0.15, 0.2) is 18.7 Å². The van der Waals surface area contributed by atoms with Crippen molar-refractivity contribution in [3.05, 3.63) is 24.3 Å². The third kappa shape index (κ3) is 3.53. The van der Waals surface area contributed by atoms with Crippen molar-refractivity contribution < 1.29 is 4.79 Å². The Labute approximate surface area is 105 Å². The van der Waals surface area contributed by atoms with E-state index in [9.17, 15) is 4.79 Å². The van der Waals surface area contributed by atoms with E-state index in [-0.39, 0.29) is 11.4 Å². The molecular weight excluding hydrogens is 326 g/mol. The summed E-state index contributed by atoms with van der Waals surface area (Å²) < 4.78 is 0. The minimum atomic E-state index is -0.313. The number of halogens is 2. The smallest absolute Gasteiger partial charge is 0.254 e. The SMILES string of the molecule is CC(CBr)(CBr)NC(=O)c1cncnc1. The van der Waals surface area contributed by atoms with Crippen molar-refractivity contribution in [3.8, 4) is 0 Å². The number of carbonyl (C=O) groups is 1. The highest BCUT2D eigenvalue weighted by molar-refractivity contribution is 9.09. The van der Waals surface area contributed by atoms with Gasteiger partial charge in [0.05, 0.1) is 11.1 Å². The first-order valence-corrected chi connectivity index (χ1v) is 6.55. The molecule has 1 heterocycles. The van der Waals surface area contributed by atoms with Gasteiger partial charge in [-0.1, -0.05) is 31.9 Å². The lowest BCUT2D eigenvalue weighted by Crippen LogP contribution is -2.49. The second kappa shape index (κ2) is 5.55. The van der Waals surface area contributed by atoms with Gasteiger partial charge >= 0.3 is 0 Å². The zero-order valence-corrected chi connectivity index (χ0v) is 11.4. The van der Waals surface area contributed by atoms with Crippen molar-refractivity contribution in [2.24, 2.45) is 0 Å². The van der Waals surface area contributed by atoms with E-state index in [2.05, 4.69) is 47.1 Å². The second-order valence-electron chi connectivity index (χ2n) is 3.41.